The Balaban J connectivity index is 1.49. The molecule has 1 amide bonds. The maximum absolute atomic E-state index is 13.4. The molecule has 0 aromatic heterocycles. The largest absolute Gasteiger partial charge is 0.340 e. The van der Waals surface area contributed by atoms with Crippen LogP contribution in [0.2, 0.25) is 0 Å². The third kappa shape index (κ3) is 4.12. The smallest absolute Gasteiger partial charge is 0.232 e. The zero-order valence-corrected chi connectivity index (χ0v) is 15.7. The summed E-state index contributed by atoms with van der Waals surface area (Å²) in [4.78, 5) is 26.8. The first-order chi connectivity index (χ1) is 13.9. The fourth-order valence-electron chi connectivity index (χ4n) is 4.02. The summed E-state index contributed by atoms with van der Waals surface area (Å²) in [7, 11) is 0. The molecule has 8 heteroatoms. The highest BCUT2D eigenvalue weighted by atomic mass is 19.1. The molecule has 0 radical (unpaired) electrons. The van der Waals surface area contributed by atoms with Crippen LogP contribution in [0.15, 0.2) is 48.5 Å². The van der Waals surface area contributed by atoms with E-state index >= 15 is 0 Å². The zero-order valence-electron chi connectivity index (χ0n) is 15.7. The maximum Gasteiger partial charge on any atom is 0.232 e. The van der Waals surface area contributed by atoms with E-state index in [2.05, 4.69) is 4.90 Å². The third-order valence-corrected chi connectivity index (χ3v) is 5.71. The molecule has 2 atom stereocenters. The molecule has 0 spiro atoms. The lowest BCUT2D eigenvalue weighted by Crippen LogP contribution is -2.50. The number of amides is 1. The van der Waals surface area contributed by atoms with Crippen molar-refractivity contribution in [2.75, 3.05) is 26.2 Å². The number of piperazine rings is 1. The minimum atomic E-state index is -0.744. The highest BCUT2D eigenvalue weighted by molar-refractivity contribution is 5.82. The van der Waals surface area contributed by atoms with Crippen molar-refractivity contribution < 1.29 is 18.5 Å². The SMILES string of the molecule is O=C([C@H]1C[C@@H]1[N+](=O)[O-])N1CCN(C(c2ccc(F)cc2)c2ccc(F)cc2)CC1. The number of carbonyl (C=O) groups excluding carboxylic acids is 1. The molecule has 4 rings (SSSR count). The topological polar surface area (TPSA) is 66.7 Å². The van der Waals surface area contributed by atoms with Gasteiger partial charge in [-0.05, 0) is 35.4 Å². The monoisotopic (exact) mass is 401 g/mol. The molecule has 0 bridgehead atoms. The Bertz CT molecular complexity index is 851. The van der Waals surface area contributed by atoms with E-state index in [1.165, 1.54) is 24.3 Å². The fraction of sp³-hybridized carbons (Fsp3) is 0.381. The number of hydrogen-bond acceptors (Lipinski definition) is 4. The molecule has 0 N–H and O–H groups in total. The maximum atomic E-state index is 13.4. The second-order valence-corrected chi connectivity index (χ2v) is 7.56. The Morgan fingerprint density at radius 1 is 0.931 bits per heavy atom. The highest BCUT2D eigenvalue weighted by Gasteiger charge is 2.54. The average Bonchev–Trinajstić information content (AvgIpc) is 3.52. The van der Waals surface area contributed by atoms with E-state index < -0.39 is 12.0 Å². The molecular formula is C21H21F2N3O3. The van der Waals surface area contributed by atoms with Crippen molar-refractivity contribution in [3.8, 4) is 0 Å². The predicted octanol–water partition coefficient (Wildman–Crippen LogP) is 2.86. The van der Waals surface area contributed by atoms with E-state index in [0.29, 0.717) is 32.6 Å². The predicted molar refractivity (Wildman–Crippen MR) is 102 cm³/mol. The van der Waals surface area contributed by atoms with Gasteiger partial charge in [-0.15, -0.1) is 0 Å². The summed E-state index contributed by atoms with van der Waals surface area (Å²) in [5, 5.41) is 10.8. The van der Waals surface area contributed by atoms with Gasteiger partial charge in [-0.3, -0.25) is 19.8 Å². The van der Waals surface area contributed by atoms with E-state index in [4.69, 9.17) is 0 Å². The van der Waals surface area contributed by atoms with Crippen molar-refractivity contribution in [3.63, 3.8) is 0 Å². The van der Waals surface area contributed by atoms with Crippen molar-refractivity contribution in [1.82, 2.24) is 9.80 Å². The van der Waals surface area contributed by atoms with Crippen molar-refractivity contribution in [2.45, 2.75) is 18.5 Å². The Hall–Kier alpha value is -2.87. The molecule has 29 heavy (non-hydrogen) atoms. The van der Waals surface area contributed by atoms with Crippen molar-refractivity contribution in [3.05, 3.63) is 81.4 Å². The van der Waals surface area contributed by atoms with Gasteiger partial charge in [0.1, 0.15) is 17.6 Å². The molecule has 2 fully saturated rings. The van der Waals surface area contributed by atoms with E-state index in [-0.39, 0.29) is 28.5 Å². The summed E-state index contributed by atoms with van der Waals surface area (Å²) in [5.74, 6) is -1.30. The molecule has 2 aromatic carbocycles. The van der Waals surface area contributed by atoms with Crippen molar-refractivity contribution >= 4 is 5.91 Å². The van der Waals surface area contributed by atoms with E-state index in [1.807, 2.05) is 0 Å². The lowest BCUT2D eigenvalue weighted by molar-refractivity contribution is -0.497. The van der Waals surface area contributed by atoms with Crippen LogP contribution >= 0.6 is 0 Å². The first-order valence-corrected chi connectivity index (χ1v) is 9.61. The van der Waals surface area contributed by atoms with Crippen LogP contribution in [-0.4, -0.2) is 52.9 Å². The quantitative estimate of drug-likeness (QED) is 0.571. The minimum Gasteiger partial charge on any atom is -0.340 e. The lowest BCUT2D eigenvalue weighted by atomic mass is 9.96. The van der Waals surface area contributed by atoms with Gasteiger partial charge in [0.05, 0.1) is 6.04 Å². The first-order valence-electron chi connectivity index (χ1n) is 9.61. The first kappa shape index (κ1) is 19.4. The number of nitro groups is 1. The summed E-state index contributed by atoms with van der Waals surface area (Å²) in [6.45, 7) is 2.08. The van der Waals surface area contributed by atoms with Crippen LogP contribution in [0.4, 0.5) is 8.78 Å². The standard InChI is InChI=1S/C21H21F2N3O3/c22-16-5-1-14(2-6-16)20(15-3-7-17(23)8-4-15)24-9-11-25(12-10-24)21(27)18-13-19(18)26(28)29/h1-8,18-20H,9-13H2/t18-,19-/m0/s1. The summed E-state index contributed by atoms with van der Waals surface area (Å²) < 4.78 is 26.8. The van der Waals surface area contributed by atoms with Crippen LogP contribution in [0.25, 0.3) is 0 Å². The minimum absolute atomic E-state index is 0.147. The summed E-state index contributed by atoms with van der Waals surface area (Å²) in [6.07, 6.45) is 0.319. The number of hydrogen-bond donors (Lipinski definition) is 0. The Kier molecular flexibility index (Phi) is 5.27. The van der Waals surface area contributed by atoms with Gasteiger partial charge in [0, 0.05) is 37.5 Å². The average molecular weight is 401 g/mol. The van der Waals surface area contributed by atoms with Gasteiger partial charge in [-0.25, -0.2) is 8.78 Å². The lowest BCUT2D eigenvalue weighted by Gasteiger charge is -2.39. The van der Waals surface area contributed by atoms with Gasteiger partial charge >= 0.3 is 0 Å². The second-order valence-electron chi connectivity index (χ2n) is 7.56. The molecule has 1 aliphatic carbocycles. The number of rotatable bonds is 5. The van der Waals surface area contributed by atoms with Crippen LogP contribution in [0, 0.1) is 27.7 Å². The number of halogens is 2. The van der Waals surface area contributed by atoms with Gasteiger partial charge in [0.2, 0.25) is 11.9 Å². The van der Waals surface area contributed by atoms with Crippen LogP contribution in [0.5, 0.6) is 0 Å². The van der Waals surface area contributed by atoms with Gasteiger partial charge in [-0.1, -0.05) is 24.3 Å². The van der Waals surface area contributed by atoms with Gasteiger partial charge in [-0.2, -0.15) is 0 Å². The summed E-state index contributed by atoms with van der Waals surface area (Å²) in [6, 6.07) is 11.5. The van der Waals surface area contributed by atoms with Gasteiger partial charge in [0.15, 0.2) is 0 Å². The molecule has 1 aliphatic heterocycles. The molecule has 152 valence electrons. The molecule has 2 aromatic rings. The Morgan fingerprint density at radius 3 is 1.83 bits per heavy atom. The molecule has 6 nitrogen and oxygen atoms in total. The molecule has 0 unspecified atom stereocenters. The van der Waals surface area contributed by atoms with E-state index in [1.54, 1.807) is 29.2 Å². The molecule has 1 saturated carbocycles. The highest BCUT2D eigenvalue weighted by Crippen LogP contribution is 2.36. The van der Waals surface area contributed by atoms with Crippen LogP contribution in [0.1, 0.15) is 23.6 Å². The zero-order chi connectivity index (χ0) is 20.5. The van der Waals surface area contributed by atoms with Crippen LogP contribution < -0.4 is 0 Å². The van der Waals surface area contributed by atoms with Gasteiger partial charge < -0.3 is 4.90 Å². The van der Waals surface area contributed by atoms with E-state index in [0.717, 1.165) is 11.1 Å². The van der Waals surface area contributed by atoms with Crippen molar-refractivity contribution in [2.24, 2.45) is 5.92 Å². The summed E-state index contributed by atoms with van der Waals surface area (Å²) in [5.41, 5.74) is 1.77. The molecule has 2 aliphatic rings. The van der Waals surface area contributed by atoms with E-state index in [9.17, 15) is 23.7 Å². The van der Waals surface area contributed by atoms with Crippen molar-refractivity contribution in [1.29, 1.82) is 0 Å². The summed E-state index contributed by atoms with van der Waals surface area (Å²) >= 11 is 0. The molecular weight excluding hydrogens is 380 g/mol. The number of nitrogens with zero attached hydrogens (tertiary/aromatic N) is 3. The Labute approximate surface area is 166 Å². The fourth-order valence-corrected chi connectivity index (χ4v) is 4.02. The number of benzene rings is 2. The number of carbonyl (C=O) groups is 1. The third-order valence-electron chi connectivity index (χ3n) is 5.71. The molecule has 1 saturated heterocycles. The second kappa shape index (κ2) is 7.87. The van der Waals surface area contributed by atoms with Crippen LogP contribution in [-0.2, 0) is 4.79 Å². The normalized spacial score (nSPS) is 22.0. The van der Waals surface area contributed by atoms with Gasteiger partial charge in [0.25, 0.3) is 0 Å². The van der Waals surface area contributed by atoms with Crippen LogP contribution in [0.3, 0.4) is 0 Å². The Morgan fingerprint density at radius 2 is 1.41 bits per heavy atom. The molecule has 1 heterocycles.